The molecule has 0 radical (unpaired) electrons. The Labute approximate surface area is 109 Å². The van der Waals surface area contributed by atoms with Crippen molar-refractivity contribution in [2.24, 2.45) is 5.73 Å². The second kappa shape index (κ2) is 6.16. The molecule has 0 amide bonds. The molecular weight excluding hydrogens is 231 g/mol. The van der Waals surface area contributed by atoms with Crippen molar-refractivity contribution in [1.82, 2.24) is 5.32 Å². The lowest BCUT2D eigenvalue weighted by Gasteiger charge is -2.26. The van der Waals surface area contributed by atoms with Gasteiger partial charge in [-0.2, -0.15) is 0 Å². The number of hydrogen-bond donors (Lipinski definition) is 2. The van der Waals surface area contributed by atoms with E-state index in [0.717, 1.165) is 18.7 Å². The molecule has 18 heavy (non-hydrogen) atoms. The predicted molar refractivity (Wildman–Crippen MR) is 72.5 cm³/mol. The normalized spacial score (nSPS) is 13.4. The molecule has 0 heterocycles. The largest absolute Gasteiger partial charge is 0.494 e. The maximum absolute atomic E-state index is 13.7. The van der Waals surface area contributed by atoms with E-state index in [2.05, 4.69) is 19.2 Å². The van der Waals surface area contributed by atoms with Gasteiger partial charge in [0.05, 0.1) is 7.11 Å². The van der Waals surface area contributed by atoms with E-state index in [4.69, 9.17) is 10.5 Å². The summed E-state index contributed by atoms with van der Waals surface area (Å²) in [5, 5.41) is 3.29. The molecule has 0 aliphatic carbocycles. The standard InChI is InChI=1S/C14H23FN2O/c1-10(16)8-17-9-14(2,3)11-5-6-13(18-4)12(15)7-11/h5-7,10,17H,8-9,16H2,1-4H3. The fraction of sp³-hybridized carbons (Fsp3) is 0.571. The van der Waals surface area contributed by atoms with Crippen LogP contribution in [0.2, 0.25) is 0 Å². The number of methoxy groups -OCH3 is 1. The van der Waals surface area contributed by atoms with Crippen LogP contribution in [0.25, 0.3) is 0 Å². The van der Waals surface area contributed by atoms with E-state index in [0.29, 0.717) is 0 Å². The third-order valence-corrected chi connectivity index (χ3v) is 2.97. The van der Waals surface area contributed by atoms with Crippen LogP contribution in [-0.4, -0.2) is 26.2 Å². The molecule has 0 spiro atoms. The fourth-order valence-corrected chi connectivity index (χ4v) is 1.80. The molecule has 3 nitrogen and oxygen atoms in total. The number of rotatable bonds is 6. The van der Waals surface area contributed by atoms with E-state index >= 15 is 0 Å². The van der Waals surface area contributed by atoms with Gasteiger partial charge in [0.25, 0.3) is 0 Å². The van der Waals surface area contributed by atoms with E-state index in [-0.39, 0.29) is 23.0 Å². The number of nitrogens with two attached hydrogens (primary N) is 1. The molecule has 0 saturated carbocycles. The van der Waals surface area contributed by atoms with E-state index in [1.807, 2.05) is 13.0 Å². The van der Waals surface area contributed by atoms with Gasteiger partial charge in [0.15, 0.2) is 11.6 Å². The summed E-state index contributed by atoms with van der Waals surface area (Å²) in [7, 11) is 1.47. The Bertz CT molecular complexity index is 391. The van der Waals surface area contributed by atoms with Crippen LogP contribution in [0.4, 0.5) is 4.39 Å². The minimum Gasteiger partial charge on any atom is -0.494 e. The Morgan fingerprint density at radius 3 is 2.61 bits per heavy atom. The summed E-state index contributed by atoms with van der Waals surface area (Å²) in [5.41, 5.74) is 6.48. The van der Waals surface area contributed by atoms with Gasteiger partial charge < -0.3 is 15.8 Å². The highest BCUT2D eigenvalue weighted by Crippen LogP contribution is 2.26. The molecule has 3 N–H and O–H groups in total. The molecule has 1 rings (SSSR count). The van der Waals surface area contributed by atoms with Crippen LogP contribution in [0.15, 0.2) is 18.2 Å². The zero-order valence-electron chi connectivity index (χ0n) is 11.6. The Morgan fingerprint density at radius 1 is 1.44 bits per heavy atom. The topological polar surface area (TPSA) is 47.3 Å². The lowest BCUT2D eigenvalue weighted by molar-refractivity contribution is 0.384. The molecule has 0 saturated heterocycles. The summed E-state index contributed by atoms with van der Waals surface area (Å²) in [6, 6.07) is 5.22. The molecule has 1 aromatic rings. The highest BCUT2D eigenvalue weighted by molar-refractivity contribution is 5.33. The van der Waals surface area contributed by atoms with Crippen molar-refractivity contribution < 1.29 is 9.13 Å². The average Bonchev–Trinajstić information content (AvgIpc) is 2.28. The summed E-state index contributed by atoms with van der Waals surface area (Å²) in [5.74, 6) is -0.0478. The maximum atomic E-state index is 13.7. The summed E-state index contributed by atoms with van der Waals surface area (Å²) in [4.78, 5) is 0. The zero-order chi connectivity index (χ0) is 13.8. The predicted octanol–water partition coefficient (Wildman–Crippen LogP) is 2.05. The lowest BCUT2D eigenvalue weighted by atomic mass is 9.84. The van der Waals surface area contributed by atoms with Crippen molar-refractivity contribution in [1.29, 1.82) is 0 Å². The number of benzene rings is 1. The van der Waals surface area contributed by atoms with Crippen LogP contribution in [-0.2, 0) is 5.41 Å². The van der Waals surface area contributed by atoms with Crippen molar-refractivity contribution in [3.63, 3.8) is 0 Å². The van der Waals surface area contributed by atoms with Gasteiger partial charge in [-0.1, -0.05) is 19.9 Å². The molecule has 0 fully saturated rings. The quantitative estimate of drug-likeness (QED) is 0.817. The van der Waals surface area contributed by atoms with Gasteiger partial charge in [-0.15, -0.1) is 0 Å². The van der Waals surface area contributed by atoms with Gasteiger partial charge in [-0.05, 0) is 24.6 Å². The van der Waals surface area contributed by atoms with Gasteiger partial charge in [-0.25, -0.2) is 4.39 Å². The first-order chi connectivity index (χ1) is 8.36. The molecule has 4 heteroatoms. The summed E-state index contributed by atoms with van der Waals surface area (Å²) in [6.07, 6.45) is 0. The Balaban J connectivity index is 2.75. The third kappa shape index (κ3) is 3.96. The van der Waals surface area contributed by atoms with Crippen LogP contribution >= 0.6 is 0 Å². The minimum atomic E-state index is -0.324. The first-order valence-corrected chi connectivity index (χ1v) is 6.17. The number of halogens is 1. The molecule has 0 aromatic heterocycles. The monoisotopic (exact) mass is 254 g/mol. The second-order valence-corrected chi connectivity index (χ2v) is 5.34. The highest BCUT2D eigenvalue weighted by atomic mass is 19.1. The smallest absolute Gasteiger partial charge is 0.165 e. The number of nitrogens with one attached hydrogen (secondary N) is 1. The fourth-order valence-electron chi connectivity index (χ4n) is 1.80. The number of hydrogen-bond acceptors (Lipinski definition) is 3. The van der Waals surface area contributed by atoms with Crippen molar-refractivity contribution in [2.45, 2.75) is 32.2 Å². The van der Waals surface area contributed by atoms with Gasteiger partial charge in [0.2, 0.25) is 0 Å². The van der Waals surface area contributed by atoms with E-state index in [9.17, 15) is 4.39 Å². The molecule has 1 unspecified atom stereocenters. The van der Waals surface area contributed by atoms with Crippen molar-refractivity contribution in [3.05, 3.63) is 29.6 Å². The summed E-state index contributed by atoms with van der Waals surface area (Å²) < 4.78 is 18.6. The highest BCUT2D eigenvalue weighted by Gasteiger charge is 2.21. The van der Waals surface area contributed by atoms with Gasteiger partial charge in [0, 0.05) is 24.5 Å². The SMILES string of the molecule is COc1ccc(C(C)(C)CNCC(C)N)cc1F. The zero-order valence-corrected chi connectivity index (χ0v) is 11.6. The van der Waals surface area contributed by atoms with Crippen LogP contribution in [0.3, 0.4) is 0 Å². The van der Waals surface area contributed by atoms with Crippen LogP contribution in [0, 0.1) is 5.82 Å². The van der Waals surface area contributed by atoms with Crippen molar-refractivity contribution in [2.75, 3.05) is 20.2 Å². The molecule has 102 valence electrons. The Morgan fingerprint density at radius 2 is 2.11 bits per heavy atom. The van der Waals surface area contributed by atoms with Crippen LogP contribution in [0.1, 0.15) is 26.3 Å². The number of ether oxygens (including phenoxy) is 1. The molecule has 0 aliphatic heterocycles. The Kier molecular flexibility index (Phi) is 5.11. The first kappa shape index (κ1) is 14.9. The lowest BCUT2D eigenvalue weighted by Crippen LogP contribution is -2.38. The van der Waals surface area contributed by atoms with E-state index < -0.39 is 0 Å². The average molecular weight is 254 g/mol. The van der Waals surface area contributed by atoms with E-state index in [1.54, 1.807) is 6.07 Å². The van der Waals surface area contributed by atoms with Gasteiger partial charge in [-0.3, -0.25) is 0 Å². The minimum absolute atomic E-state index is 0.119. The molecule has 1 aromatic carbocycles. The van der Waals surface area contributed by atoms with Gasteiger partial charge >= 0.3 is 0 Å². The van der Waals surface area contributed by atoms with Gasteiger partial charge in [0.1, 0.15) is 0 Å². The molecule has 0 bridgehead atoms. The third-order valence-electron chi connectivity index (χ3n) is 2.97. The molecular formula is C14H23FN2O. The van der Waals surface area contributed by atoms with Crippen LogP contribution < -0.4 is 15.8 Å². The summed E-state index contributed by atoms with van der Waals surface area (Å²) >= 11 is 0. The van der Waals surface area contributed by atoms with Crippen molar-refractivity contribution >= 4 is 0 Å². The maximum Gasteiger partial charge on any atom is 0.165 e. The van der Waals surface area contributed by atoms with E-state index in [1.165, 1.54) is 13.2 Å². The van der Waals surface area contributed by atoms with Crippen molar-refractivity contribution in [3.8, 4) is 5.75 Å². The summed E-state index contributed by atoms with van der Waals surface area (Å²) in [6.45, 7) is 7.60. The second-order valence-electron chi connectivity index (χ2n) is 5.34. The molecule has 1 atom stereocenters. The molecule has 0 aliphatic rings. The Hall–Kier alpha value is -1.13. The van der Waals surface area contributed by atoms with Crippen LogP contribution in [0.5, 0.6) is 5.75 Å². The first-order valence-electron chi connectivity index (χ1n) is 6.17.